The van der Waals surface area contributed by atoms with Gasteiger partial charge in [-0.15, -0.1) is 5.10 Å². The Morgan fingerprint density at radius 2 is 2.20 bits per heavy atom. The van der Waals surface area contributed by atoms with Gasteiger partial charge in [0.25, 0.3) is 0 Å². The van der Waals surface area contributed by atoms with Crippen molar-refractivity contribution in [2.24, 2.45) is 0 Å². The molecule has 0 aliphatic rings. The van der Waals surface area contributed by atoms with Crippen molar-refractivity contribution in [3.63, 3.8) is 0 Å². The van der Waals surface area contributed by atoms with Crippen LogP contribution in [-0.2, 0) is 0 Å². The van der Waals surface area contributed by atoms with E-state index in [1.165, 1.54) is 0 Å². The first-order valence-corrected chi connectivity index (χ1v) is 3.65. The van der Waals surface area contributed by atoms with E-state index in [4.69, 9.17) is 0 Å². The highest BCUT2D eigenvalue weighted by Gasteiger charge is 1.95. The quantitative estimate of drug-likeness (QED) is 0.687. The largest absolute Gasteiger partial charge is 0.361 e. The molecule has 0 aromatic carbocycles. The molecule has 3 nitrogen and oxygen atoms in total. The van der Waals surface area contributed by atoms with Crippen molar-refractivity contribution in [1.82, 2.24) is 10.2 Å². The molecule has 0 radical (unpaired) electrons. The zero-order valence-electron chi connectivity index (χ0n) is 5.87. The molecule has 0 aliphatic carbocycles. The normalized spacial score (nSPS) is 9.50. The predicted octanol–water partition coefficient (Wildman–Crippen LogP) is 1.31. The third-order valence-corrected chi connectivity index (χ3v) is 1.50. The molecule has 4 heteroatoms. The monoisotopic (exact) mass is 201 g/mol. The van der Waals surface area contributed by atoms with E-state index in [9.17, 15) is 0 Å². The van der Waals surface area contributed by atoms with Crippen molar-refractivity contribution in [2.75, 3.05) is 19.0 Å². The number of rotatable bonds is 1. The summed E-state index contributed by atoms with van der Waals surface area (Å²) >= 11 is 3.30. The van der Waals surface area contributed by atoms with Gasteiger partial charge in [0.05, 0.1) is 6.20 Å². The van der Waals surface area contributed by atoms with Crippen molar-refractivity contribution in [1.29, 1.82) is 0 Å². The summed E-state index contributed by atoms with van der Waals surface area (Å²) in [5.41, 5.74) is 0. The highest BCUT2D eigenvalue weighted by molar-refractivity contribution is 9.10. The van der Waals surface area contributed by atoms with Gasteiger partial charge in [-0.3, -0.25) is 0 Å². The van der Waals surface area contributed by atoms with Crippen LogP contribution in [-0.4, -0.2) is 24.3 Å². The minimum absolute atomic E-state index is 0.856. The van der Waals surface area contributed by atoms with Gasteiger partial charge in [-0.05, 0) is 22.0 Å². The predicted molar refractivity (Wildman–Crippen MR) is 44.1 cm³/mol. The van der Waals surface area contributed by atoms with Crippen LogP contribution in [0.4, 0.5) is 5.82 Å². The molecule has 1 rings (SSSR count). The molecule has 10 heavy (non-hydrogen) atoms. The van der Waals surface area contributed by atoms with Crippen LogP contribution in [0.1, 0.15) is 0 Å². The molecule has 0 saturated heterocycles. The molecule has 0 fully saturated rings. The lowest BCUT2D eigenvalue weighted by atomic mass is 10.5. The molecule has 0 atom stereocenters. The first-order chi connectivity index (χ1) is 4.70. The Hall–Kier alpha value is -0.640. The van der Waals surface area contributed by atoms with Crippen LogP contribution in [0, 0.1) is 0 Å². The van der Waals surface area contributed by atoms with Gasteiger partial charge in [0, 0.05) is 18.6 Å². The van der Waals surface area contributed by atoms with Crippen LogP contribution in [0.3, 0.4) is 0 Å². The summed E-state index contributed by atoms with van der Waals surface area (Å²) in [4.78, 5) is 1.90. The molecule has 0 saturated carbocycles. The first kappa shape index (κ1) is 7.47. The standard InChI is InChI=1S/C6H8BrN3/c1-10(2)6-3-5(7)4-8-9-6/h3-4H,1-2H3. The van der Waals surface area contributed by atoms with Gasteiger partial charge in [-0.25, -0.2) is 0 Å². The van der Waals surface area contributed by atoms with E-state index < -0.39 is 0 Å². The third-order valence-electron chi connectivity index (χ3n) is 1.07. The van der Waals surface area contributed by atoms with Crippen molar-refractivity contribution in [2.45, 2.75) is 0 Å². The summed E-state index contributed by atoms with van der Waals surface area (Å²) in [6, 6.07) is 1.91. The first-order valence-electron chi connectivity index (χ1n) is 2.85. The summed E-state index contributed by atoms with van der Waals surface area (Å²) in [7, 11) is 3.85. The van der Waals surface area contributed by atoms with E-state index in [0.29, 0.717) is 0 Å². The zero-order chi connectivity index (χ0) is 7.56. The fraction of sp³-hybridized carbons (Fsp3) is 0.333. The smallest absolute Gasteiger partial charge is 0.151 e. The fourth-order valence-corrected chi connectivity index (χ4v) is 0.848. The van der Waals surface area contributed by atoms with E-state index in [-0.39, 0.29) is 0 Å². The summed E-state index contributed by atoms with van der Waals surface area (Å²) in [5, 5.41) is 7.65. The molecule has 1 heterocycles. The Balaban J connectivity index is 2.96. The maximum absolute atomic E-state index is 3.88. The van der Waals surface area contributed by atoms with Crippen molar-refractivity contribution in [3.8, 4) is 0 Å². The van der Waals surface area contributed by atoms with E-state index in [2.05, 4.69) is 26.1 Å². The SMILES string of the molecule is CN(C)c1cc(Br)cnn1. The van der Waals surface area contributed by atoms with Gasteiger partial charge in [-0.1, -0.05) is 0 Å². The van der Waals surface area contributed by atoms with Crippen LogP contribution in [0.25, 0.3) is 0 Å². The Kier molecular flexibility index (Phi) is 2.21. The maximum Gasteiger partial charge on any atom is 0.151 e. The van der Waals surface area contributed by atoms with E-state index in [1.54, 1.807) is 6.20 Å². The van der Waals surface area contributed by atoms with Crippen molar-refractivity contribution in [3.05, 3.63) is 16.7 Å². The number of hydrogen-bond donors (Lipinski definition) is 0. The topological polar surface area (TPSA) is 29.0 Å². The number of aromatic nitrogens is 2. The highest BCUT2D eigenvalue weighted by Crippen LogP contribution is 2.12. The Morgan fingerprint density at radius 3 is 2.60 bits per heavy atom. The van der Waals surface area contributed by atoms with Gasteiger partial charge >= 0.3 is 0 Å². The van der Waals surface area contributed by atoms with Gasteiger partial charge in [0.2, 0.25) is 0 Å². The zero-order valence-corrected chi connectivity index (χ0v) is 7.46. The summed E-state index contributed by atoms with van der Waals surface area (Å²) in [5.74, 6) is 0.856. The summed E-state index contributed by atoms with van der Waals surface area (Å²) in [6.07, 6.45) is 1.66. The third kappa shape index (κ3) is 1.67. The second-order valence-corrected chi connectivity index (χ2v) is 3.04. The highest BCUT2D eigenvalue weighted by atomic mass is 79.9. The molecular formula is C6H8BrN3. The molecule has 0 spiro atoms. The molecule has 1 aromatic rings. The van der Waals surface area contributed by atoms with E-state index >= 15 is 0 Å². The lowest BCUT2D eigenvalue weighted by Crippen LogP contribution is -2.10. The average Bonchev–Trinajstić information content (AvgIpc) is 1.88. The number of hydrogen-bond acceptors (Lipinski definition) is 3. The van der Waals surface area contributed by atoms with Crippen molar-refractivity contribution < 1.29 is 0 Å². The maximum atomic E-state index is 3.88. The average molecular weight is 202 g/mol. The molecule has 0 amide bonds. The van der Waals surface area contributed by atoms with Crippen LogP contribution in [0.2, 0.25) is 0 Å². The minimum Gasteiger partial charge on any atom is -0.361 e. The second-order valence-electron chi connectivity index (χ2n) is 2.13. The van der Waals surface area contributed by atoms with Gasteiger partial charge < -0.3 is 4.90 Å². The van der Waals surface area contributed by atoms with Gasteiger partial charge in [-0.2, -0.15) is 5.10 Å². The number of nitrogens with zero attached hydrogens (tertiary/aromatic N) is 3. The molecule has 54 valence electrons. The van der Waals surface area contributed by atoms with E-state index in [0.717, 1.165) is 10.3 Å². The molecule has 0 N–H and O–H groups in total. The summed E-state index contributed by atoms with van der Waals surface area (Å²) < 4.78 is 0.950. The van der Waals surface area contributed by atoms with Crippen LogP contribution >= 0.6 is 15.9 Å². The van der Waals surface area contributed by atoms with Gasteiger partial charge in [0.1, 0.15) is 0 Å². The second kappa shape index (κ2) is 2.96. The Morgan fingerprint density at radius 1 is 1.50 bits per heavy atom. The fourth-order valence-electron chi connectivity index (χ4n) is 0.551. The van der Waals surface area contributed by atoms with Crippen molar-refractivity contribution >= 4 is 21.7 Å². The molecular weight excluding hydrogens is 194 g/mol. The Bertz CT molecular complexity index is 224. The Labute approximate surface area is 68.2 Å². The molecule has 0 unspecified atom stereocenters. The molecule has 1 aromatic heterocycles. The van der Waals surface area contributed by atoms with Crippen LogP contribution in [0.5, 0.6) is 0 Å². The minimum atomic E-state index is 0.856. The van der Waals surface area contributed by atoms with Gasteiger partial charge in [0.15, 0.2) is 5.82 Å². The van der Waals surface area contributed by atoms with Crippen LogP contribution in [0.15, 0.2) is 16.7 Å². The number of halogens is 1. The summed E-state index contributed by atoms with van der Waals surface area (Å²) in [6.45, 7) is 0. The number of anilines is 1. The van der Waals surface area contributed by atoms with Crippen LogP contribution < -0.4 is 4.90 Å². The molecule has 0 bridgehead atoms. The lowest BCUT2D eigenvalue weighted by Gasteiger charge is -2.08. The molecule has 0 aliphatic heterocycles. The lowest BCUT2D eigenvalue weighted by molar-refractivity contribution is 0.959. The van der Waals surface area contributed by atoms with E-state index in [1.807, 2.05) is 25.1 Å².